The molecule has 4 nitrogen and oxygen atoms in total. The van der Waals surface area contributed by atoms with Gasteiger partial charge in [-0.25, -0.2) is 0 Å². The smallest absolute Gasteiger partial charge is 0.234 e. The molecule has 0 bridgehead atoms. The van der Waals surface area contributed by atoms with Gasteiger partial charge < -0.3 is 10.1 Å². The number of hydrogen-bond acceptors (Lipinski definition) is 3. The molecule has 0 spiro atoms. The monoisotopic (exact) mass is 200 g/mol. The fourth-order valence-electron chi connectivity index (χ4n) is 1.45. The van der Waals surface area contributed by atoms with E-state index in [1.54, 1.807) is 0 Å². The first-order valence-corrected chi connectivity index (χ1v) is 5.29. The molecule has 4 heteroatoms. The molecule has 1 saturated heterocycles. The first kappa shape index (κ1) is 11.5. The number of amides is 1. The van der Waals surface area contributed by atoms with Crippen molar-refractivity contribution in [3.05, 3.63) is 0 Å². The van der Waals surface area contributed by atoms with Crippen LogP contribution in [0.4, 0.5) is 0 Å². The number of rotatable bonds is 5. The highest BCUT2D eigenvalue weighted by atomic mass is 16.5. The highest BCUT2D eigenvalue weighted by Gasteiger charge is 2.16. The number of carbonyl (C=O) groups is 1. The molecule has 1 aliphatic rings. The third-order valence-electron chi connectivity index (χ3n) is 2.50. The molecule has 0 aromatic rings. The summed E-state index contributed by atoms with van der Waals surface area (Å²) in [5.41, 5.74) is 0. The van der Waals surface area contributed by atoms with Gasteiger partial charge in [0.15, 0.2) is 0 Å². The predicted octanol–water partition coefficient (Wildman–Crippen LogP) is 0.233. The van der Waals surface area contributed by atoms with Gasteiger partial charge in [0.1, 0.15) is 0 Å². The van der Waals surface area contributed by atoms with E-state index in [1.807, 2.05) is 18.9 Å². The van der Waals surface area contributed by atoms with E-state index in [4.69, 9.17) is 4.74 Å². The van der Waals surface area contributed by atoms with Crippen molar-refractivity contribution >= 4 is 5.91 Å². The van der Waals surface area contributed by atoms with Crippen LogP contribution in [0.5, 0.6) is 0 Å². The summed E-state index contributed by atoms with van der Waals surface area (Å²) in [6.45, 7) is 4.91. The molecule has 0 aliphatic carbocycles. The van der Waals surface area contributed by atoms with E-state index in [-0.39, 0.29) is 12.0 Å². The van der Waals surface area contributed by atoms with E-state index in [0.717, 1.165) is 26.0 Å². The van der Waals surface area contributed by atoms with E-state index in [1.165, 1.54) is 0 Å². The van der Waals surface area contributed by atoms with Crippen LogP contribution in [0.1, 0.15) is 19.8 Å². The zero-order chi connectivity index (χ0) is 10.4. The Balaban J connectivity index is 2.08. The minimum Gasteiger partial charge on any atom is -0.376 e. The quantitative estimate of drug-likeness (QED) is 0.691. The van der Waals surface area contributed by atoms with Crippen molar-refractivity contribution in [3.8, 4) is 0 Å². The molecular weight excluding hydrogens is 180 g/mol. The average Bonchev–Trinajstić information content (AvgIpc) is 2.67. The molecule has 82 valence electrons. The highest BCUT2D eigenvalue weighted by Crippen LogP contribution is 2.10. The largest absolute Gasteiger partial charge is 0.376 e. The molecular formula is C10H20N2O2. The zero-order valence-electron chi connectivity index (χ0n) is 9.08. The lowest BCUT2D eigenvalue weighted by Gasteiger charge is -2.15. The zero-order valence-corrected chi connectivity index (χ0v) is 9.08. The molecule has 1 aliphatic heterocycles. The van der Waals surface area contributed by atoms with Gasteiger partial charge in [-0.05, 0) is 26.4 Å². The second kappa shape index (κ2) is 5.98. The van der Waals surface area contributed by atoms with Gasteiger partial charge in [0, 0.05) is 13.2 Å². The van der Waals surface area contributed by atoms with Crippen molar-refractivity contribution in [2.45, 2.75) is 25.9 Å². The third kappa shape index (κ3) is 4.07. The minimum atomic E-state index is 0.0878. The molecule has 1 fully saturated rings. The maximum atomic E-state index is 11.4. The van der Waals surface area contributed by atoms with E-state index >= 15 is 0 Å². The lowest BCUT2D eigenvalue weighted by molar-refractivity contribution is -0.122. The summed E-state index contributed by atoms with van der Waals surface area (Å²) in [5, 5.41) is 2.88. The molecule has 1 amide bonds. The van der Waals surface area contributed by atoms with E-state index < -0.39 is 0 Å². The first-order valence-electron chi connectivity index (χ1n) is 5.29. The Kier molecular flexibility index (Phi) is 4.90. The van der Waals surface area contributed by atoms with Crippen LogP contribution in [0.3, 0.4) is 0 Å². The molecule has 1 N–H and O–H groups in total. The molecule has 0 radical (unpaired) electrons. The van der Waals surface area contributed by atoms with Crippen LogP contribution in [0.25, 0.3) is 0 Å². The fraction of sp³-hybridized carbons (Fsp3) is 0.900. The Morgan fingerprint density at radius 1 is 1.64 bits per heavy atom. The number of nitrogens with zero attached hydrogens (tertiary/aromatic N) is 1. The lowest BCUT2D eigenvalue weighted by atomic mass is 10.2. The van der Waals surface area contributed by atoms with Crippen molar-refractivity contribution in [3.63, 3.8) is 0 Å². The standard InChI is InChI=1S/C10H20N2O2/c1-3-12(2)8-10(13)11-7-9-5-4-6-14-9/h9H,3-8H2,1-2H3,(H,11,13). The van der Waals surface area contributed by atoms with Gasteiger partial charge in [0.05, 0.1) is 12.6 Å². The van der Waals surface area contributed by atoms with Crippen molar-refractivity contribution in [1.29, 1.82) is 0 Å². The second-order valence-electron chi connectivity index (χ2n) is 3.77. The van der Waals surface area contributed by atoms with E-state index in [9.17, 15) is 4.79 Å². The Morgan fingerprint density at radius 2 is 2.43 bits per heavy atom. The minimum absolute atomic E-state index is 0.0878. The van der Waals surface area contributed by atoms with Crippen LogP contribution in [0.2, 0.25) is 0 Å². The average molecular weight is 200 g/mol. The van der Waals surface area contributed by atoms with Crippen LogP contribution < -0.4 is 5.32 Å². The molecule has 14 heavy (non-hydrogen) atoms. The third-order valence-corrected chi connectivity index (χ3v) is 2.50. The van der Waals surface area contributed by atoms with Gasteiger partial charge in [0.2, 0.25) is 5.91 Å². The molecule has 1 rings (SSSR count). The van der Waals surface area contributed by atoms with Crippen LogP contribution >= 0.6 is 0 Å². The Morgan fingerprint density at radius 3 is 3.00 bits per heavy atom. The predicted molar refractivity (Wildman–Crippen MR) is 55.2 cm³/mol. The van der Waals surface area contributed by atoms with Crippen LogP contribution in [-0.2, 0) is 9.53 Å². The summed E-state index contributed by atoms with van der Waals surface area (Å²) in [6, 6.07) is 0. The van der Waals surface area contributed by atoms with Crippen molar-refractivity contribution in [2.75, 3.05) is 33.3 Å². The molecule has 0 aromatic carbocycles. The number of hydrogen-bond donors (Lipinski definition) is 1. The summed E-state index contributed by atoms with van der Waals surface area (Å²) in [5.74, 6) is 0.0878. The van der Waals surface area contributed by atoms with Gasteiger partial charge in [-0.1, -0.05) is 6.92 Å². The maximum absolute atomic E-state index is 11.4. The van der Waals surface area contributed by atoms with Crippen LogP contribution in [-0.4, -0.2) is 50.2 Å². The molecule has 0 aromatic heterocycles. The summed E-state index contributed by atoms with van der Waals surface area (Å²) >= 11 is 0. The molecule has 1 heterocycles. The van der Waals surface area contributed by atoms with Crippen molar-refractivity contribution in [2.24, 2.45) is 0 Å². The van der Waals surface area contributed by atoms with E-state index in [0.29, 0.717) is 13.1 Å². The summed E-state index contributed by atoms with van der Waals surface area (Å²) in [7, 11) is 1.94. The van der Waals surface area contributed by atoms with Crippen LogP contribution in [0, 0.1) is 0 Å². The van der Waals surface area contributed by atoms with Crippen molar-refractivity contribution in [1.82, 2.24) is 10.2 Å². The van der Waals surface area contributed by atoms with E-state index in [2.05, 4.69) is 5.32 Å². The van der Waals surface area contributed by atoms with Gasteiger partial charge >= 0.3 is 0 Å². The fourth-order valence-corrected chi connectivity index (χ4v) is 1.45. The van der Waals surface area contributed by atoms with Crippen LogP contribution in [0.15, 0.2) is 0 Å². The highest BCUT2D eigenvalue weighted by molar-refractivity contribution is 5.77. The number of nitrogens with one attached hydrogen (secondary N) is 1. The Bertz CT molecular complexity index is 179. The van der Waals surface area contributed by atoms with Gasteiger partial charge in [0.25, 0.3) is 0 Å². The maximum Gasteiger partial charge on any atom is 0.234 e. The first-order chi connectivity index (χ1) is 6.72. The summed E-state index contributed by atoms with van der Waals surface area (Å²) in [4.78, 5) is 13.3. The number of carbonyl (C=O) groups excluding carboxylic acids is 1. The lowest BCUT2D eigenvalue weighted by Crippen LogP contribution is -2.38. The summed E-state index contributed by atoms with van der Waals surface area (Å²) < 4.78 is 5.41. The van der Waals surface area contributed by atoms with Gasteiger partial charge in [-0.2, -0.15) is 0 Å². The topological polar surface area (TPSA) is 41.6 Å². The Labute approximate surface area is 85.6 Å². The molecule has 1 unspecified atom stereocenters. The SMILES string of the molecule is CCN(C)CC(=O)NCC1CCCO1. The molecule has 1 atom stereocenters. The summed E-state index contributed by atoms with van der Waals surface area (Å²) in [6.07, 6.45) is 2.44. The number of likely N-dealkylation sites (N-methyl/N-ethyl adjacent to an activating group) is 1. The van der Waals surface area contributed by atoms with Gasteiger partial charge in [-0.15, -0.1) is 0 Å². The molecule has 0 saturated carbocycles. The second-order valence-corrected chi connectivity index (χ2v) is 3.77. The van der Waals surface area contributed by atoms with Crippen molar-refractivity contribution < 1.29 is 9.53 Å². The number of ether oxygens (including phenoxy) is 1. The Hall–Kier alpha value is -0.610. The normalized spacial score (nSPS) is 21.5. The van der Waals surface area contributed by atoms with Gasteiger partial charge in [-0.3, -0.25) is 9.69 Å².